The predicted octanol–water partition coefficient (Wildman–Crippen LogP) is 0.925. The number of hydrogen-bond donors (Lipinski definition) is 2. The van der Waals surface area contributed by atoms with E-state index in [9.17, 15) is 14.7 Å². The molecule has 2 aliphatic rings. The second kappa shape index (κ2) is 4.64. The van der Waals surface area contributed by atoms with Crippen LogP contribution in [-0.2, 0) is 14.3 Å². The van der Waals surface area contributed by atoms with Crippen LogP contribution in [0.2, 0.25) is 0 Å². The van der Waals surface area contributed by atoms with Gasteiger partial charge in [-0.2, -0.15) is 0 Å². The molecule has 2 unspecified atom stereocenters. The molecule has 2 fully saturated rings. The van der Waals surface area contributed by atoms with E-state index in [1.165, 1.54) is 0 Å². The zero-order valence-corrected chi connectivity index (χ0v) is 10.1. The molecule has 1 amide bonds. The lowest BCUT2D eigenvalue weighted by molar-refractivity contribution is -0.151. The summed E-state index contributed by atoms with van der Waals surface area (Å²) in [6.45, 7) is 2.18. The van der Waals surface area contributed by atoms with Crippen LogP contribution in [0.1, 0.15) is 39.0 Å². The minimum atomic E-state index is -1.13. The molecule has 1 saturated carbocycles. The Morgan fingerprint density at radius 3 is 2.47 bits per heavy atom. The van der Waals surface area contributed by atoms with Crippen molar-refractivity contribution in [2.24, 2.45) is 5.92 Å². The third-order valence-corrected chi connectivity index (χ3v) is 3.69. The second-order valence-electron chi connectivity index (χ2n) is 5.13. The molecule has 0 aromatic rings. The SMILES string of the molecule is CC(NC(=O)C1CCCCO1)(C(=O)O)C1CC1. The highest BCUT2D eigenvalue weighted by Crippen LogP contribution is 2.39. The summed E-state index contributed by atoms with van der Waals surface area (Å²) in [6.07, 6.45) is 3.89. The number of aliphatic carboxylic acids is 1. The molecule has 1 aliphatic carbocycles. The fourth-order valence-corrected chi connectivity index (χ4v) is 2.27. The standard InChI is InChI=1S/C12H19NO4/c1-12(11(15)16,8-5-6-8)13-10(14)9-4-2-3-7-17-9/h8-9H,2-7H2,1H3,(H,13,14)(H,15,16). The van der Waals surface area contributed by atoms with Crippen molar-refractivity contribution in [2.75, 3.05) is 6.61 Å². The molecule has 96 valence electrons. The molecule has 1 heterocycles. The molecule has 0 aromatic carbocycles. The van der Waals surface area contributed by atoms with E-state index in [0.29, 0.717) is 13.0 Å². The molecule has 0 bridgehead atoms. The number of carbonyl (C=O) groups is 2. The Balaban J connectivity index is 1.97. The zero-order valence-electron chi connectivity index (χ0n) is 10.1. The summed E-state index contributed by atoms with van der Waals surface area (Å²) in [7, 11) is 0. The number of rotatable bonds is 4. The molecule has 0 spiro atoms. The Kier molecular flexibility index (Phi) is 3.38. The van der Waals surface area contributed by atoms with Crippen LogP contribution in [-0.4, -0.2) is 35.2 Å². The average Bonchev–Trinajstić information content (AvgIpc) is 3.13. The molecule has 0 aromatic heterocycles. The Bertz CT molecular complexity index is 320. The van der Waals surface area contributed by atoms with Crippen LogP contribution in [0, 0.1) is 5.92 Å². The topological polar surface area (TPSA) is 75.6 Å². The van der Waals surface area contributed by atoms with Gasteiger partial charge in [-0.25, -0.2) is 4.79 Å². The number of amides is 1. The van der Waals surface area contributed by atoms with E-state index in [1.807, 2.05) is 0 Å². The van der Waals surface area contributed by atoms with Gasteiger partial charge in [0.15, 0.2) is 0 Å². The van der Waals surface area contributed by atoms with Gasteiger partial charge >= 0.3 is 5.97 Å². The number of carboxylic acids is 1. The van der Waals surface area contributed by atoms with Gasteiger partial charge in [0.1, 0.15) is 11.6 Å². The van der Waals surface area contributed by atoms with E-state index in [-0.39, 0.29) is 11.8 Å². The number of ether oxygens (including phenoxy) is 1. The first-order chi connectivity index (χ1) is 8.04. The zero-order chi connectivity index (χ0) is 12.5. The van der Waals surface area contributed by atoms with Crippen molar-refractivity contribution in [3.8, 4) is 0 Å². The largest absolute Gasteiger partial charge is 0.480 e. The Morgan fingerprint density at radius 2 is 2.00 bits per heavy atom. The first-order valence-electron chi connectivity index (χ1n) is 6.21. The van der Waals surface area contributed by atoms with Crippen molar-refractivity contribution in [3.63, 3.8) is 0 Å². The molecule has 2 N–H and O–H groups in total. The van der Waals surface area contributed by atoms with E-state index in [2.05, 4.69) is 5.32 Å². The van der Waals surface area contributed by atoms with Crippen LogP contribution < -0.4 is 5.32 Å². The summed E-state index contributed by atoms with van der Waals surface area (Å²) in [5.74, 6) is -1.17. The lowest BCUT2D eigenvalue weighted by Gasteiger charge is -2.30. The van der Waals surface area contributed by atoms with Gasteiger partial charge in [0, 0.05) is 6.61 Å². The molecule has 0 radical (unpaired) electrons. The van der Waals surface area contributed by atoms with Crippen molar-refractivity contribution >= 4 is 11.9 Å². The molecule has 1 aliphatic heterocycles. The number of carbonyl (C=O) groups excluding carboxylic acids is 1. The third kappa shape index (κ3) is 2.60. The van der Waals surface area contributed by atoms with Gasteiger partial charge in [-0.05, 0) is 44.9 Å². The quantitative estimate of drug-likeness (QED) is 0.767. The molecule has 5 nitrogen and oxygen atoms in total. The van der Waals surface area contributed by atoms with E-state index in [4.69, 9.17) is 4.74 Å². The Hall–Kier alpha value is -1.10. The minimum absolute atomic E-state index is 0.0625. The number of nitrogens with one attached hydrogen (secondary N) is 1. The van der Waals surface area contributed by atoms with Crippen molar-refractivity contribution in [3.05, 3.63) is 0 Å². The summed E-state index contributed by atoms with van der Waals surface area (Å²) >= 11 is 0. The van der Waals surface area contributed by atoms with Crippen LogP contribution in [0.4, 0.5) is 0 Å². The van der Waals surface area contributed by atoms with Gasteiger partial charge < -0.3 is 15.2 Å². The van der Waals surface area contributed by atoms with Gasteiger partial charge in [0.25, 0.3) is 0 Å². The van der Waals surface area contributed by atoms with Crippen LogP contribution in [0.5, 0.6) is 0 Å². The van der Waals surface area contributed by atoms with E-state index >= 15 is 0 Å². The molecule has 5 heteroatoms. The summed E-state index contributed by atoms with van der Waals surface area (Å²) in [5.41, 5.74) is -1.13. The fourth-order valence-electron chi connectivity index (χ4n) is 2.27. The van der Waals surface area contributed by atoms with Crippen LogP contribution >= 0.6 is 0 Å². The van der Waals surface area contributed by atoms with Crippen LogP contribution in [0.25, 0.3) is 0 Å². The predicted molar refractivity (Wildman–Crippen MR) is 60.5 cm³/mol. The summed E-state index contributed by atoms with van der Waals surface area (Å²) < 4.78 is 5.36. The highest BCUT2D eigenvalue weighted by atomic mass is 16.5. The lowest BCUT2D eigenvalue weighted by atomic mass is 9.95. The Morgan fingerprint density at radius 1 is 1.29 bits per heavy atom. The van der Waals surface area contributed by atoms with Crippen LogP contribution in [0.3, 0.4) is 0 Å². The monoisotopic (exact) mass is 241 g/mol. The van der Waals surface area contributed by atoms with Crippen molar-refractivity contribution in [1.82, 2.24) is 5.32 Å². The maximum Gasteiger partial charge on any atom is 0.329 e. The van der Waals surface area contributed by atoms with E-state index in [1.54, 1.807) is 6.92 Å². The maximum absolute atomic E-state index is 12.0. The molecular formula is C12H19NO4. The van der Waals surface area contributed by atoms with Crippen molar-refractivity contribution < 1.29 is 19.4 Å². The molecule has 1 saturated heterocycles. The van der Waals surface area contributed by atoms with Gasteiger partial charge in [0.05, 0.1) is 0 Å². The first-order valence-corrected chi connectivity index (χ1v) is 6.21. The number of hydrogen-bond acceptors (Lipinski definition) is 3. The minimum Gasteiger partial charge on any atom is -0.480 e. The van der Waals surface area contributed by atoms with Gasteiger partial charge in [-0.1, -0.05) is 0 Å². The van der Waals surface area contributed by atoms with Gasteiger partial charge in [-0.15, -0.1) is 0 Å². The maximum atomic E-state index is 12.0. The Labute approximate surface area is 101 Å². The normalized spacial score (nSPS) is 28.2. The lowest BCUT2D eigenvalue weighted by Crippen LogP contribution is -2.57. The van der Waals surface area contributed by atoms with E-state index < -0.39 is 17.6 Å². The highest BCUT2D eigenvalue weighted by molar-refractivity contribution is 5.89. The van der Waals surface area contributed by atoms with Crippen molar-refractivity contribution in [2.45, 2.75) is 50.7 Å². The smallest absolute Gasteiger partial charge is 0.329 e. The van der Waals surface area contributed by atoms with E-state index in [0.717, 1.165) is 25.7 Å². The van der Waals surface area contributed by atoms with Gasteiger partial charge in [0.2, 0.25) is 5.91 Å². The summed E-state index contributed by atoms with van der Waals surface area (Å²) in [5, 5.41) is 11.9. The number of carboxylic acid groups (broad SMARTS) is 1. The average molecular weight is 241 g/mol. The fraction of sp³-hybridized carbons (Fsp3) is 0.833. The molecule has 17 heavy (non-hydrogen) atoms. The second-order valence-corrected chi connectivity index (χ2v) is 5.13. The van der Waals surface area contributed by atoms with Crippen molar-refractivity contribution in [1.29, 1.82) is 0 Å². The molecular weight excluding hydrogens is 222 g/mol. The van der Waals surface area contributed by atoms with Crippen LogP contribution in [0.15, 0.2) is 0 Å². The van der Waals surface area contributed by atoms with Gasteiger partial charge in [-0.3, -0.25) is 4.79 Å². The first kappa shape index (κ1) is 12.4. The molecule has 2 rings (SSSR count). The summed E-state index contributed by atoms with van der Waals surface area (Å²) in [4.78, 5) is 23.2. The third-order valence-electron chi connectivity index (χ3n) is 3.69. The summed E-state index contributed by atoms with van der Waals surface area (Å²) in [6, 6.07) is 0. The highest BCUT2D eigenvalue weighted by Gasteiger charge is 2.49. The molecule has 2 atom stereocenters.